The molecule has 2 N–H and O–H groups in total. The summed E-state index contributed by atoms with van der Waals surface area (Å²) >= 11 is 5.81. The van der Waals surface area contributed by atoms with Crippen LogP contribution in [0.5, 0.6) is 0 Å². The Labute approximate surface area is 116 Å². The number of pyridine rings is 1. The van der Waals surface area contributed by atoms with E-state index in [2.05, 4.69) is 15.6 Å². The minimum absolute atomic E-state index is 0.307. The molecule has 0 saturated heterocycles. The van der Waals surface area contributed by atoms with E-state index in [4.69, 9.17) is 11.6 Å². The van der Waals surface area contributed by atoms with E-state index in [-0.39, 0.29) is 6.03 Å². The third-order valence-electron chi connectivity index (χ3n) is 2.66. The van der Waals surface area contributed by atoms with Crippen molar-refractivity contribution in [3.8, 4) is 0 Å². The van der Waals surface area contributed by atoms with Gasteiger partial charge in [0.25, 0.3) is 0 Å². The van der Waals surface area contributed by atoms with Gasteiger partial charge in [0.05, 0.1) is 0 Å². The Morgan fingerprint density at radius 1 is 1.32 bits per heavy atom. The summed E-state index contributed by atoms with van der Waals surface area (Å²) in [5, 5.41) is 5.93. The number of anilines is 1. The Hall–Kier alpha value is -2.07. The molecule has 1 heterocycles. The molecular formula is C14H14ClN3O. The maximum Gasteiger partial charge on any atom is 0.320 e. The molecule has 0 aliphatic heterocycles. The molecule has 4 nitrogen and oxygen atoms in total. The van der Waals surface area contributed by atoms with Crippen LogP contribution >= 0.6 is 11.6 Å². The number of hydrogen-bond acceptors (Lipinski definition) is 2. The van der Waals surface area contributed by atoms with Crippen LogP contribution in [-0.2, 0) is 6.54 Å². The van der Waals surface area contributed by atoms with Crippen LogP contribution < -0.4 is 10.6 Å². The number of aryl methyl sites for hydroxylation is 1. The van der Waals surface area contributed by atoms with Crippen LogP contribution in [0.25, 0.3) is 0 Å². The highest BCUT2D eigenvalue weighted by Gasteiger charge is 2.04. The number of amides is 2. The fourth-order valence-electron chi connectivity index (χ4n) is 1.62. The SMILES string of the molecule is Cc1ccccc1CNC(=O)Nc1cc(Cl)ccn1. The molecule has 0 aliphatic rings. The lowest BCUT2D eigenvalue weighted by atomic mass is 10.1. The highest BCUT2D eigenvalue weighted by Crippen LogP contribution is 2.11. The number of hydrogen-bond donors (Lipinski definition) is 2. The predicted octanol–water partition coefficient (Wildman–Crippen LogP) is 3.37. The molecule has 2 amide bonds. The standard InChI is InChI=1S/C14H14ClN3O/c1-10-4-2-3-5-11(10)9-17-14(19)18-13-8-12(15)6-7-16-13/h2-8H,9H2,1H3,(H2,16,17,18,19). The van der Waals surface area contributed by atoms with E-state index in [1.165, 1.54) is 0 Å². The lowest BCUT2D eigenvalue weighted by molar-refractivity contribution is 0.251. The molecule has 0 spiro atoms. The van der Waals surface area contributed by atoms with E-state index in [0.717, 1.165) is 11.1 Å². The van der Waals surface area contributed by atoms with Crippen LogP contribution in [0.2, 0.25) is 5.02 Å². The summed E-state index contributed by atoms with van der Waals surface area (Å²) in [6, 6.07) is 10.8. The Morgan fingerprint density at radius 2 is 2.11 bits per heavy atom. The quantitative estimate of drug-likeness (QED) is 0.902. The first-order valence-corrected chi connectivity index (χ1v) is 6.24. The minimum Gasteiger partial charge on any atom is -0.334 e. The van der Waals surface area contributed by atoms with Crippen LogP contribution in [0, 0.1) is 6.92 Å². The summed E-state index contributed by atoms with van der Waals surface area (Å²) in [5.41, 5.74) is 2.22. The Kier molecular flexibility index (Phi) is 4.36. The van der Waals surface area contributed by atoms with E-state index < -0.39 is 0 Å². The fourth-order valence-corrected chi connectivity index (χ4v) is 1.78. The number of halogens is 1. The number of nitrogens with one attached hydrogen (secondary N) is 2. The van der Waals surface area contributed by atoms with Crippen molar-refractivity contribution in [3.63, 3.8) is 0 Å². The average Bonchev–Trinajstić information content (AvgIpc) is 2.38. The molecular weight excluding hydrogens is 262 g/mol. The monoisotopic (exact) mass is 275 g/mol. The van der Waals surface area contributed by atoms with Crippen molar-refractivity contribution in [1.29, 1.82) is 0 Å². The molecule has 0 saturated carbocycles. The molecule has 2 aromatic rings. The van der Waals surface area contributed by atoms with E-state index >= 15 is 0 Å². The van der Waals surface area contributed by atoms with E-state index in [1.54, 1.807) is 18.3 Å². The second-order valence-electron chi connectivity index (χ2n) is 4.09. The van der Waals surface area contributed by atoms with Crippen molar-refractivity contribution >= 4 is 23.4 Å². The van der Waals surface area contributed by atoms with Gasteiger partial charge in [0.2, 0.25) is 0 Å². The maximum atomic E-state index is 11.7. The van der Waals surface area contributed by atoms with Gasteiger partial charge in [-0.05, 0) is 30.2 Å². The molecule has 0 fully saturated rings. The molecule has 0 bridgehead atoms. The number of carbonyl (C=O) groups excluding carboxylic acids is 1. The molecule has 1 aromatic heterocycles. The zero-order valence-corrected chi connectivity index (χ0v) is 11.2. The third kappa shape index (κ3) is 3.96. The molecule has 1 aromatic carbocycles. The van der Waals surface area contributed by atoms with Crippen LogP contribution in [0.1, 0.15) is 11.1 Å². The minimum atomic E-state index is -0.307. The Balaban J connectivity index is 1.90. The predicted molar refractivity (Wildman–Crippen MR) is 76.3 cm³/mol. The molecule has 5 heteroatoms. The van der Waals surface area contributed by atoms with E-state index in [0.29, 0.717) is 17.4 Å². The van der Waals surface area contributed by atoms with Gasteiger partial charge in [-0.25, -0.2) is 9.78 Å². The van der Waals surface area contributed by atoms with Crippen molar-refractivity contribution in [2.75, 3.05) is 5.32 Å². The molecule has 0 aliphatic carbocycles. The fraction of sp³-hybridized carbons (Fsp3) is 0.143. The van der Waals surface area contributed by atoms with Gasteiger partial charge in [-0.1, -0.05) is 35.9 Å². The van der Waals surface area contributed by atoms with Crippen molar-refractivity contribution in [3.05, 3.63) is 58.7 Å². The lowest BCUT2D eigenvalue weighted by Gasteiger charge is -2.09. The highest BCUT2D eigenvalue weighted by atomic mass is 35.5. The first-order valence-electron chi connectivity index (χ1n) is 5.86. The lowest BCUT2D eigenvalue weighted by Crippen LogP contribution is -2.28. The van der Waals surface area contributed by atoms with Crippen molar-refractivity contribution in [2.24, 2.45) is 0 Å². The van der Waals surface area contributed by atoms with Crippen LogP contribution in [-0.4, -0.2) is 11.0 Å². The van der Waals surface area contributed by atoms with Gasteiger partial charge in [0, 0.05) is 17.8 Å². The summed E-state index contributed by atoms with van der Waals surface area (Å²) in [4.78, 5) is 15.7. The van der Waals surface area contributed by atoms with Gasteiger partial charge in [-0.2, -0.15) is 0 Å². The highest BCUT2D eigenvalue weighted by molar-refractivity contribution is 6.30. The normalized spacial score (nSPS) is 10.0. The van der Waals surface area contributed by atoms with Gasteiger partial charge in [0.1, 0.15) is 5.82 Å². The number of urea groups is 1. The Morgan fingerprint density at radius 3 is 2.84 bits per heavy atom. The third-order valence-corrected chi connectivity index (χ3v) is 2.90. The first kappa shape index (κ1) is 13.4. The molecule has 98 valence electrons. The largest absolute Gasteiger partial charge is 0.334 e. The molecule has 0 radical (unpaired) electrons. The van der Waals surface area contributed by atoms with Crippen LogP contribution in [0.15, 0.2) is 42.6 Å². The number of carbonyl (C=O) groups is 1. The summed E-state index contributed by atoms with van der Waals surface area (Å²) in [6.07, 6.45) is 1.54. The number of benzene rings is 1. The second-order valence-corrected chi connectivity index (χ2v) is 4.53. The van der Waals surface area contributed by atoms with E-state index in [1.807, 2.05) is 31.2 Å². The van der Waals surface area contributed by atoms with Gasteiger partial charge < -0.3 is 5.32 Å². The summed E-state index contributed by atoms with van der Waals surface area (Å²) in [5.74, 6) is 0.426. The zero-order valence-electron chi connectivity index (χ0n) is 10.5. The number of nitrogens with zero attached hydrogens (tertiary/aromatic N) is 1. The maximum absolute atomic E-state index is 11.7. The van der Waals surface area contributed by atoms with Crippen molar-refractivity contribution in [2.45, 2.75) is 13.5 Å². The smallest absolute Gasteiger partial charge is 0.320 e. The zero-order chi connectivity index (χ0) is 13.7. The van der Waals surface area contributed by atoms with Gasteiger partial charge in [0.15, 0.2) is 0 Å². The van der Waals surface area contributed by atoms with E-state index in [9.17, 15) is 4.79 Å². The second kappa shape index (κ2) is 6.20. The molecule has 0 unspecified atom stereocenters. The summed E-state index contributed by atoms with van der Waals surface area (Å²) < 4.78 is 0. The summed E-state index contributed by atoms with van der Waals surface area (Å²) in [7, 11) is 0. The van der Waals surface area contributed by atoms with Gasteiger partial charge >= 0.3 is 6.03 Å². The number of aromatic nitrogens is 1. The first-order chi connectivity index (χ1) is 9.15. The Bertz CT molecular complexity index is 586. The van der Waals surface area contributed by atoms with Crippen molar-refractivity contribution in [1.82, 2.24) is 10.3 Å². The number of rotatable bonds is 3. The van der Waals surface area contributed by atoms with Gasteiger partial charge in [-0.3, -0.25) is 5.32 Å². The topological polar surface area (TPSA) is 54.0 Å². The molecule has 2 rings (SSSR count). The average molecular weight is 276 g/mol. The molecule has 19 heavy (non-hydrogen) atoms. The van der Waals surface area contributed by atoms with Crippen LogP contribution in [0.4, 0.5) is 10.6 Å². The van der Waals surface area contributed by atoms with Crippen LogP contribution in [0.3, 0.4) is 0 Å². The van der Waals surface area contributed by atoms with Crippen molar-refractivity contribution < 1.29 is 4.79 Å². The summed E-state index contributed by atoms with van der Waals surface area (Å²) in [6.45, 7) is 2.48. The van der Waals surface area contributed by atoms with Gasteiger partial charge in [-0.15, -0.1) is 0 Å². The molecule has 0 atom stereocenters.